The van der Waals surface area contributed by atoms with Gasteiger partial charge >= 0.3 is 0 Å². The maximum atomic E-state index is 6.54. The number of rotatable bonds is 1. The van der Waals surface area contributed by atoms with Crippen molar-refractivity contribution in [2.45, 2.75) is 82.7 Å². The van der Waals surface area contributed by atoms with E-state index in [1.165, 1.54) is 50.8 Å². The number of aliphatic imine (C=N–C) groups is 1. The van der Waals surface area contributed by atoms with E-state index in [1.54, 1.807) is 0 Å². The van der Waals surface area contributed by atoms with Gasteiger partial charge in [0.05, 0.1) is 5.84 Å². The lowest BCUT2D eigenvalue weighted by atomic mass is 9.67. The van der Waals surface area contributed by atoms with Gasteiger partial charge in [0.15, 0.2) is 0 Å². The average Bonchev–Trinajstić information content (AvgIpc) is 2.41. The molecular formula is C16H32BN3. The lowest BCUT2D eigenvalue weighted by Crippen LogP contribution is -2.51. The standard InChI is InChI=1S/C16H32BN3/c1-12(2)19-15-9-8-13-11-16(17,18)10-6-4-5-7-14(13)20(15)3/h12-14H,4-11,17-18H2,1-3H3/b19-15-. The molecule has 3 unspecified atom stereocenters. The molecule has 4 heteroatoms. The molecule has 114 valence electrons. The first-order valence-corrected chi connectivity index (χ1v) is 8.47. The maximum absolute atomic E-state index is 6.54. The zero-order valence-corrected chi connectivity index (χ0v) is 13.9. The Kier molecular flexibility index (Phi) is 5.17. The van der Waals surface area contributed by atoms with Gasteiger partial charge < -0.3 is 10.6 Å². The number of fused-ring (bicyclic) bond motifs is 1. The van der Waals surface area contributed by atoms with Crippen LogP contribution in [0.2, 0.25) is 0 Å². The minimum absolute atomic E-state index is 0.0286. The van der Waals surface area contributed by atoms with Crippen molar-refractivity contribution < 1.29 is 0 Å². The van der Waals surface area contributed by atoms with Gasteiger partial charge in [0.1, 0.15) is 7.85 Å². The van der Waals surface area contributed by atoms with Gasteiger partial charge in [0.25, 0.3) is 0 Å². The number of piperidine rings is 1. The molecule has 0 aromatic rings. The monoisotopic (exact) mass is 277 g/mol. The van der Waals surface area contributed by atoms with E-state index < -0.39 is 0 Å². The predicted octanol–water partition coefficient (Wildman–Crippen LogP) is 2.15. The Hall–Kier alpha value is -0.505. The quantitative estimate of drug-likeness (QED) is 0.746. The molecule has 2 rings (SSSR count). The third kappa shape index (κ3) is 4.00. The first kappa shape index (κ1) is 15.9. The summed E-state index contributed by atoms with van der Waals surface area (Å²) in [6.45, 7) is 4.35. The second kappa shape index (κ2) is 6.51. The Bertz CT molecular complexity index is 352. The van der Waals surface area contributed by atoms with E-state index in [-0.39, 0.29) is 5.44 Å². The van der Waals surface area contributed by atoms with Crippen molar-refractivity contribution in [3.63, 3.8) is 0 Å². The highest BCUT2D eigenvalue weighted by Gasteiger charge is 2.36. The van der Waals surface area contributed by atoms with Crippen molar-refractivity contribution in [1.82, 2.24) is 4.90 Å². The van der Waals surface area contributed by atoms with Crippen LogP contribution in [0.25, 0.3) is 0 Å². The molecule has 3 atom stereocenters. The van der Waals surface area contributed by atoms with E-state index in [0.717, 1.165) is 12.3 Å². The van der Waals surface area contributed by atoms with Crippen LogP contribution >= 0.6 is 0 Å². The number of nitrogens with zero attached hydrogens (tertiary/aromatic N) is 2. The predicted molar refractivity (Wildman–Crippen MR) is 90.0 cm³/mol. The van der Waals surface area contributed by atoms with Crippen LogP contribution in [0.3, 0.4) is 0 Å². The van der Waals surface area contributed by atoms with Crippen LogP contribution in [0.5, 0.6) is 0 Å². The van der Waals surface area contributed by atoms with E-state index in [9.17, 15) is 0 Å². The van der Waals surface area contributed by atoms with Crippen molar-refractivity contribution >= 4 is 13.7 Å². The third-order valence-electron chi connectivity index (χ3n) is 5.07. The summed E-state index contributed by atoms with van der Waals surface area (Å²) in [4.78, 5) is 7.32. The summed E-state index contributed by atoms with van der Waals surface area (Å²) < 4.78 is 0. The number of hydrogen-bond acceptors (Lipinski definition) is 2. The molecule has 0 radical (unpaired) electrons. The lowest BCUT2D eigenvalue weighted by molar-refractivity contribution is 0.181. The summed E-state index contributed by atoms with van der Waals surface area (Å²) in [5.41, 5.74) is 6.56. The lowest BCUT2D eigenvalue weighted by Gasteiger charge is -2.44. The van der Waals surface area contributed by atoms with E-state index in [1.807, 2.05) is 0 Å². The summed E-state index contributed by atoms with van der Waals surface area (Å²) >= 11 is 0. The number of hydrogen-bond donors (Lipinski definition) is 1. The molecule has 1 saturated heterocycles. The first-order valence-electron chi connectivity index (χ1n) is 8.47. The fourth-order valence-corrected chi connectivity index (χ4v) is 4.07. The van der Waals surface area contributed by atoms with Crippen LogP contribution in [-0.4, -0.2) is 43.2 Å². The number of likely N-dealkylation sites (tertiary alicyclic amines) is 1. The van der Waals surface area contributed by atoms with Crippen molar-refractivity contribution in [3.8, 4) is 0 Å². The van der Waals surface area contributed by atoms with Gasteiger partial charge in [-0.15, -0.1) is 0 Å². The molecule has 0 aromatic heterocycles. The molecule has 2 aliphatic rings. The minimum Gasteiger partial charge on any atom is -0.360 e. The molecule has 2 N–H and O–H groups in total. The smallest absolute Gasteiger partial charge is 0.127 e. The summed E-state index contributed by atoms with van der Waals surface area (Å²) in [7, 11) is 4.51. The SMILES string of the molecule is BC1(N)CCCCCC2C(CC/C(=N/C(C)C)N2C)C1. The van der Waals surface area contributed by atoms with Gasteiger partial charge in [-0.3, -0.25) is 4.99 Å². The number of nitrogens with two attached hydrogens (primary N) is 1. The Balaban J connectivity index is 2.15. The van der Waals surface area contributed by atoms with Gasteiger partial charge in [0.2, 0.25) is 0 Å². The second-order valence-corrected chi connectivity index (χ2v) is 7.57. The van der Waals surface area contributed by atoms with Crippen LogP contribution in [0.1, 0.15) is 65.2 Å². The molecule has 0 spiro atoms. The number of amidine groups is 1. The van der Waals surface area contributed by atoms with Gasteiger partial charge in [0, 0.05) is 25.6 Å². The second-order valence-electron chi connectivity index (χ2n) is 7.57. The summed E-state index contributed by atoms with van der Waals surface area (Å²) in [6.07, 6.45) is 10.1. The van der Waals surface area contributed by atoms with Crippen LogP contribution in [0.15, 0.2) is 4.99 Å². The van der Waals surface area contributed by atoms with Crippen LogP contribution in [0, 0.1) is 5.92 Å². The van der Waals surface area contributed by atoms with Crippen LogP contribution in [-0.2, 0) is 0 Å². The van der Waals surface area contributed by atoms with E-state index >= 15 is 0 Å². The molecule has 1 heterocycles. The molecule has 1 aliphatic heterocycles. The van der Waals surface area contributed by atoms with Gasteiger partial charge in [-0.25, -0.2) is 0 Å². The summed E-state index contributed by atoms with van der Waals surface area (Å²) in [6, 6.07) is 1.06. The normalized spacial score (nSPS) is 38.2. The Morgan fingerprint density at radius 2 is 2.05 bits per heavy atom. The van der Waals surface area contributed by atoms with Crippen molar-refractivity contribution in [3.05, 3.63) is 0 Å². The Labute approximate surface area is 125 Å². The zero-order valence-electron chi connectivity index (χ0n) is 13.9. The van der Waals surface area contributed by atoms with E-state index in [0.29, 0.717) is 12.1 Å². The Morgan fingerprint density at radius 3 is 2.75 bits per heavy atom. The Morgan fingerprint density at radius 1 is 1.30 bits per heavy atom. The van der Waals surface area contributed by atoms with E-state index in [2.05, 4.69) is 33.6 Å². The molecule has 0 aromatic carbocycles. The van der Waals surface area contributed by atoms with Crippen molar-refractivity contribution in [2.75, 3.05) is 7.05 Å². The highest BCUT2D eigenvalue weighted by atomic mass is 15.2. The van der Waals surface area contributed by atoms with Crippen molar-refractivity contribution in [2.24, 2.45) is 16.6 Å². The maximum Gasteiger partial charge on any atom is 0.127 e. The fourth-order valence-electron chi connectivity index (χ4n) is 4.07. The topological polar surface area (TPSA) is 41.6 Å². The van der Waals surface area contributed by atoms with E-state index in [4.69, 9.17) is 10.7 Å². The third-order valence-corrected chi connectivity index (χ3v) is 5.07. The molecule has 0 bridgehead atoms. The van der Waals surface area contributed by atoms with Gasteiger partial charge in [-0.2, -0.15) is 0 Å². The molecule has 1 saturated carbocycles. The molecular weight excluding hydrogens is 245 g/mol. The first-order chi connectivity index (χ1) is 9.39. The van der Waals surface area contributed by atoms with Crippen LogP contribution < -0.4 is 5.73 Å². The molecule has 1 aliphatic carbocycles. The molecule has 0 amide bonds. The highest BCUT2D eigenvalue weighted by molar-refractivity contribution is 6.15. The molecule has 20 heavy (non-hydrogen) atoms. The average molecular weight is 277 g/mol. The van der Waals surface area contributed by atoms with Gasteiger partial charge in [-0.1, -0.05) is 19.3 Å². The fraction of sp³-hybridized carbons (Fsp3) is 0.938. The summed E-state index contributed by atoms with van der Waals surface area (Å²) in [5, 5.41) is 0. The molecule has 2 fully saturated rings. The minimum atomic E-state index is 0.0286. The van der Waals surface area contributed by atoms with Crippen LogP contribution in [0.4, 0.5) is 0 Å². The molecule has 3 nitrogen and oxygen atoms in total. The highest BCUT2D eigenvalue weighted by Crippen LogP contribution is 2.35. The van der Waals surface area contributed by atoms with Crippen molar-refractivity contribution in [1.29, 1.82) is 0 Å². The van der Waals surface area contributed by atoms with Gasteiger partial charge in [-0.05, 0) is 50.9 Å². The largest absolute Gasteiger partial charge is 0.360 e. The zero-order chi connectivity index (χ0) is 14.8. The summed E-state index contributed by atoms with van der Waals surface area (Å²) in [5.74, 6) is 2.07.